The number of nitrogens with zero attached hydrogens (tertiary/aromatic N) is 3. The van der Waals surface area contributed by atoms with Crippen molar-refractivity contribution in [3.63, 3.8) is 0 Å². The van der Waals surface area contributed by atoms with Gasteiger partial charge in [0.15, 0.2) is 0 Å². The molecule has 0 fully saturated rings. The molecular weight excluding hydrogens is 333 g/mol. The highest BCUT2D eigenvalue weighted by Gasteiger charge is 2.11. The molecule has 0 N–H and O–H groups in total. The van der Waals surface area contributed by atoms with Gasteiger partial charge in [-0.2, -0.15) is 0 Å². The summed E-state index contributed by atoms with van der Waals surface area (Å²) < 4.78 is 21.9. The molecule has 0 unspecified atom stereocenters. The van der Waals surface area contributed by atoms with Crippen LogP contribution in [0.25, 0.3) is 11.3 Å². The fourth-order valence-electron chi connectivity index (χ4n) is 2.86. The molecule has 0 saturated heterocycles. The Morgan fingerprint density at radius 3 is 2.54 bits per heavy atom. The van der Waals surface area contributed by atoms with Crippen molar-refractivity contribution in [1.29, 1.82) is 0 Å². The summed E-state index contributed by atoms with van der Waals surface area (Å²) in [6, 6.07) is 17.1. The van der Waals surface area contributed by atoms with Crippen LogP contribution >= 0.6 is 0 Å². The van der Waals surface area contributed by atoms with Crippen molar-refractivity contribution in [3.05, 3.63) is 94.5 Å². The second-order valence-electron chi connectivity index (χ2n) is 5.94. The number of para-hydroxylation sites is 1. The first kappa shape index (κ1) is 16.1. The lowest BCUT2D eigenvalue weighted by Crippen LogP contribution is -2.26. The van der Waals surface area contributed by atoms with Crippen molar-refractivity contribution in [2.75, 3.05) is 0 Å². The van der Waals surface area contributed by atoms with E-state index < -0.39 is 0 Å². The highest BCUT2D eigenvalue weighted by atomic mass is 19.1. The van der Waals surface area contributed by atoms with Crippen molar-refractivity contribution in [3.8, 4) is 11.4 Å². The number of hydrogen-bond donors (Lipinski definition) is 0. The number of fused-ring (bicyclic) bond motifs is 1. The van der Waals surface area contributed by atoms with E-state index in [1.807, 2.05) is 43.3 Å². The van der Waals surface area contributed by atoms with Crippen LogP contribution in [0.2, 0.25) is 0 Å². The zero-order valence-corrected chi connectivity index (χ0v) is 14.1. The molecule has 4 rings (SSSR count). The molecule has 2 aromatic heterocycles. The summed E-state index contributed by atoms with van der Waals surface area (Å²) in [7, 11) is 0. The fraction of sp³-hybridized carbons (Fsp3) is 0.100. The van der Waals surface area contributed by atoms with Crippen LogP contribution in [0.15, 0.2) is 71.7 Å². The molecule has 5 nitrogen and oxygen atoms in total. The quantitative estimate of drug-likeness (QED) is 0.566. The highest BCUT2D eigenvalue weighted by molar-refractivity contribution is 5.44. The van der Waals surface area contributed by atoms with Crippen LogP contribution < -0.4 is 10.4 Å². The van der Waals surface area contributed by atoms with Crippen LogP contribution in [0.1, 0.15) is 11.4 Å². The zero-order valence-electron chi connectivity index (χ0n) is 14.1. The van der Waals surface area contributed by atoms with Crippen LogP contribution in [-0.4, -0.2) is 14.0 Å². The van der Waals surface area contributed by atoms with Gasteiger partial charge in [-0.05, 0) is 43.3 Å². The third-order valence-electron chi connectivity index (χ3n) is 4.09. The first-order chi connectivity index (χ1) is 12.6. The highest BCUT2D eigenvalue weighted by Crippen LogP contribution is 2.14. The Morgan fingerprint density at radius 1 is 1.08 bits per heavy atom. The number of rotatable bonds is 4. The second-order valence-corrected chi connectivity index (χ2v) is 5.94. The van der Waals surface area contributed by atoms with Gasteiger partial charge in [0.1, 0.15) is 23.8 Å². The number of ether oxygens (including phenoxy) is 1. The van der Waals surface area contributed by atoms with Gasteiger partial charge in [0, 0.05) is 18.0 Å². The summed E-state index contributed by atoms with van der Waals surface area (Å²) in [6.07, 6.45) is 1.67. The lowest BCUT2D eigenvalue weighted by Gasteiger charge is -2.10. The van der Waals surface area contributed by atoms with Gasteiger partial charge in [0.05, 0.1) is 11.4 Å². The minimum absolute atomic E-state index is 0.259. The van der Waals surface area contributed by atoms with E-state index in [4.69, 9.17) is 4.74 Å². The smallest absolute Gasteiger partial charge is 0.338 e. The molecular formula is C20H16FN3O2. The number of benzene rings is 2. The molecule has 0 bridgehead atoms. The fourth-order valence-corrected chi connectivity index (χ4v) is 2.86. The number of aryl methyl sites for hydroxylation is 1. The summed E-state index contributed by atoms with van der Waals surface area (Å²) in [5, 5.41) is 0. The predicted molar refractivity (Wildman–Crippen MR) is 96.3 cm³/mol. The van der Waals surface area contributed by atoms with E-state index in [0.717, 1.165) is 11.4 Å². The third-order valence-corrected chi connectivity index (χ3v) is 4.09. The van der Waals surface area contributed by atoms with Crippen LogP contribution in [0.5, 0.6) is 5.75 Å². The van der Waals surface area contributed by atoms with Gasteiger partial charge in [-0.25, -0.2) is 14.2 Å². The predicted octanol–water partition coefficient (Wildman–Crippen LogP) is 3.51. The molecule has 130 valence electrons. The number of imidazole rings is 1. The molecule has 0 spiro atoms. The Morgan fingerprint density at radius 2 is 1.81 bits per heavy atom. The van der Waals surface area contributed by atoms with Crippen LogP contribution in [0.3, 0.4) is 0 Å². The maximum Gasteiger partial charge on any atom is 0.338 e. The molecule has 0 radical (unpaired) electrons. The van der Waals surface area contributed by atoms with Crippen molar-refractivity contribution in [2.24, 2.45) is 0 Å². The lowest BCUT2D eigenvalue weighted by molar-refractivity contribution is 0.302. The van der Waals surface area contributed by atoms with E-state index in [9.17, 15) is 9.18 Å². The van der Waals surface area contributed by atoms with Crippen molar-refractivity contribution in [1.82, 2.24) is 14.0 Å². The molecule has 2 heterocycles. The van der Waals surface area contributed by atoms with Crippen LogP contribution in [0.4, 0.5) is 4.39 Å². The van der Waals surface area contributed by atoms with Crippen LogP contribution in [-0.2, 0) is 6.61 Å². The topological polar surface area (TPSA) is 48.5 Å². The Bertz CT molecular complexity index is 1120. The van der Waals surface area contributed by atoms with E-state index in [0.29, 0.717) is 17.0 Å². The normalized spacial score (nSPS) is 11.0. The molecule has 0 aliphatic rings. The number of aromatic nitrogens is 3. The van der Waals surface area contributed by atoms with Crippen LogP contribution in [0, 0.1) is 12.7 Å². The first-order valence-corrected chi connectivity index (χ1v) is 8.16. The molecule has 0 aliphatic carbocycles. The average Bonchev–Trinajstić information content (AvgIpc) is 3.05. The maximum absolute atomic E-state index is 13.2. The largest absolute Gasteiger partial charge is 0.487 e. The summed E-state index contributed by atoms with van der Waals surface area (Å²) >= 11 is 0. The Labute approximate surface area is 148 Å². The van der Waals surface area contributed by atoms with Gasteiger partial charge >= 0.3 is 5.69 Å². The summed E-state index contributed by atoms with van der Waals surface area (Å²) in [5.74, 6) is 0.396. The van der Waals surface area contributed by atoms with E-state index >= 15 is 0 Å². The van der Waals surface area contributed by atoms with Crippen molar-refractivity contribution < 1.29 is 9.13 Å². The van der Waals surface area contributed by atoms with Crippen molar-refractivity contribution in [2.45, 2.75) is 13.5 Å². The second kappa shape index (κ2) is 6.48. The van der Waals surface area contributed by atoms with E-state index in [1.54, 1.807) is 18.3 Å². The average molecular weight is 349 g/mol. The van der Waals surface area contributed by atoms with E-state index in [2.05, 4.69) is 4.98 Å². The van der Waals surface area contributed by atoms with Gasteiger partial charge < -0.3 is 4.74 Å². The summed E-state index contributed by atoms with van der Waals surface area (Å²) in [4.78, 5) is 17.3. The van der Waals surface area contributed by atoms with Gasteiger partial charge in [0.2, 0.25) is 0 Å². The zero-order chi connectivity index (χ0) is 18.1. The number of halogens is 1. The molecule has 0 atom stereocenters. The van der Waals surface area contributed by atoms with Gasteiger partial charge in [-0.15, -0.1) is 0 Å². The molecule has 4 aromatic rings. The maximum atomic E-state index is 13.2. The Hall–Kier alpha value is -3.41. The molecule has 6 heteroatoms. The minimum atomic E-state index is -0.344. The lowest BCUT2D eigenvalue weighted by atomic mass is 10.3. The van der Waals surface area contributed by atoms with Gasteiger partial charge in [-0.1, -0.05) is 18.2 Å². The Kier molecular flexibility index (Phi) is 4.01. The summed E-state index contributed by atoms with van der Waals surface area (Å²) in [6.45, 7) is 2.08. The van der Waals surface area contributed by atoms with Gasteiger partial charge in [0.25, 0.3) is 0 Å². The van der Waals surface area contributed by atoms with E-state index in [-0.39, 0.29) is 18.1 Å². The third kappa shape index (κ3) is 2.97. The molecule has 2 aromatic carbocycles. The molecule has 26 heavy (non-hydrogen) atoms. The SMILES string of the molecule is Cc1cc2nc(COc3ccccc3)cn2c(=O)n1-c1ccc(F)cc1. The first-order valence-electron chi connectivity index (χ1n) is 8.16. The molecule has 0 saturated carbocycles. The Balaban J connectivity index is 1.71. The number of hydrogen-bond acceptors (Lipinski definition) is 3. The van der Waals surface area contributed by atoms with Crippen molar-refractivity contribution >= 4 is 5.65 Å². The summed E-state index contributed by atoms with van der Waals surface area (Å²) in [5.41, 5.74) is 2.27. The molecule has 0 amide bonds. The molecule has 0 aliphatic heterocycles. The minimum Gasteiger partial charge on any atom is -0.487 e. The standard InChI is InChI=1S/C20H16FN3O2/c1-14-11-19-22-16(13-26-18-5-3-2-4-6-18)12-23(19)20(25)24(14)17-9-7-15(21)8-10-17/h2-12H,13H2,1H3. The monoisotopic (exact) mass is 349 g/mol. The van der Waals surface area contributed by atoms with Gasteiger partial charge in [-0.3, -0.25) is 8.97 Å². The van der Waals surface area contributed by atoms with E-state index in [1.165, 1.54) is 21.1 Å².